The number of aromatic hydroxyl groups is 1. The molecule has 11 heteroatoms. The number of ether oxygens (including phenoxy) is 2. The smallest absolute Gasteiger partial charge is 0.411 e. The van der Waals surface area contributed by atoms with E-state index in [4.69, 9.17) is 9.47 Å². The highest BCUT2D eigenvalue weighted by Gasteiger charge is 2.41. The van der Waals surface area contributed by atoms with Crippen molar-refractivity contribution in [3.63, 3.8) is 0 Å². The first-order valence-electron chi connectivity index (χ1n) is 12.5. The van der Waals surface area contributed by atoms with Gasteiger partial charge in [0.05, 0.1) is 25.3 Å². The minimum atomic E-state index is -0.926. The van der Waals surface area contributed by atoms with Gasteiger partial charge in [0.15, 0.2) is 5.69 Å². The standard InChI is InChI=1S/C28H31FN4O6/c1-28(2,3)39-27(37)33-15-20(38-16-18-7-5-4-6-8-18)13-21(33)24-31-22(23(34)26(36)32-24)25(35)30-14-17-9-11-19(29)12-10-17/h4-12,20-21,34H,13-16H2,1-3H3,(H,30,35)(H,31,32,36)/t20-,21+/m1/s1. The molecule has 2 heterocycles. The van der Waals surface area contributed by atoms with Crippen LogP contribution in [0.1, 0.15) is 60.7 Å². The molecule has 10 nitrogen and oxygen atoms in total. The van der Waals surface area contributed by atoms with Gasteiger partial charge in [-0.25, -0.2) is 14.2 Å². The van der Waals surface area contributed by atoms with E-state index in [0.717, 1.165) is 5.56 Å². The van der Waals surface area contributed by atoms with Gasteiger partial charge in [-0.1, -0.05) is 42.5 Å². The minimum absolute atomic E-state index is 0.0152. The van der Waals surface area contributed by atoms with Gasteiger partial charge in [0.25, 0.3) is 11.5 Å². The summed E-state index contributed by atoms with van der Waals surface area (Å²) in [6.07, 6.45) is -0.759. The van der Waals surface area contributed by atoms with Gasteiger partial charge in [-0.05, 0) is 44.0 Å². The fraction of sp³-hybridized carbons (Fsp3) is 0.357. The van der Waals surface area contributed by atoms with E-state index >= 15 is 0 Å². The van der Waals surface area contributed by atoms with Crippen molar-refractivity contribution in [1.29, 1.82) is 0 Å². The summed E-state index contributed by atoms with van der Waals surface area (Å²) in [6.45, 7) is 5.72. The lowest BCUT2D eigenvalue weighted by atomic mass is 10.1. The van der Waals surface area contributed by atoms with Crippen LogP contribution in [0.5, 0.6) is 5.75 Å². The highest BCUT2D eigenvalue weighted by atomic mass is 19.1. The molecule has 1 aliphatic heterocycles. The number of H-pyrrole nitrogens is 1. The van der Waals surface area contributed by atoms with Gasteiger partial charge in [-0.2, -0.15) is 0 Å². The SMILES string of the molecule is CC(C)(C)OC(=O)N1C[C@H](OCc2ccccc2)C[C@H]1c1nc(C(=O)NCc2ccc(F)cc2)c(O)c(=O)[nH]1. The molecule has 2 atom stereocenters. The Morgan fingerprint density at radius 1 is 1.13 bits per heavy atom. The molecule has 1 aromatic heterocycles. The summed E-state index contributed by atoms with van der Waals surface area (Å²) in [5, 5.41) is 12.9. The molecule has 0 bridgehead atoms. The Balaban J connectivity index is 1.57. The molecule has 39 heavy (non-hydrogen) atoms. The van der Waals surface area contributed by atoms with Crippen LogP contribution in [-0.4, -0.2) is 50.2 Å². The molecule has 0 spiro atoms. The average molecular weight is 539 g/mol. The Morgan fingerprint density at radius 3 is 2.49 bits per heavy atom. The summed E-state index contributed by atoms with van der Waals surface area (Å²) >= 11 is 0. The summed E-state index contributed by atoms with van der Waals surface area (Å²) in [5.41, 5.74) is -0.620. The second-order valence-corrected chi connectivity index (χ2v) is 10.3. The van der Waals surface area contributed by atoms with Crippen LogP contribution < -0.4 is 10.9 Å². The molecule has 0 radical (unpaired) electrons. The van der Waals surface area contributed by atoms with E-state index in [1.807, 2.05) is 30.3 Å². The van der Waals surface area contributed by atoms with Crippen LogP contribution in [0.25, 0.3) is 0 Å². The Kier molecular flexibility index (Phi) is 8.29. The third kappa shape index (κ3) is 7.20. The second kappa shape index (κ2) is 11.6. The van der Waals surface area contributed by atoms with Gasteiger partial charge in [0.1, 0.15) is 17.2 Å². The van der Waals surface area contributed by atoms with E-state index in [1.165, 1.54) is 29.2 Å². The molecule has 0 aliphatic carbocycles. The van der Waals surface area contributed by atoms with Crippen molar-refractivity contribution >= 4 is 12.0 Å². The third-order valence-corrected chi connectivity index (χ3v) is 6.03. The first kappa shape index (κ1) is 27.8. The first-order chi connectivity index (χ1) is 18.5. The van der Waals surface area contributed by atoms with Crippen molar-refractivity contribution in [3.05, 3.63) is 93.4 Å². The maximum absolute atomic E-state index is 13.2. The zero-order valence-corrected chi connectivity index (χ0v) is 21.9. The van der Waals surface area contributed by atoms with Gasteiger partial charge in [0, 0.05) is 13.0 Å². The summed E-state index contributed by atoms with van der Waals surface area (Å²) in [5.74, 6) is -2.06. The van der Waals surface area contributed by atoms with Crippen molar-refractivity contribution in [2.24, 2.45) is 0 Å². The summed E-state index contributed by atoms with van der Waals surface area (Å²) in [6, 6.07) is 14.3. The maximum atomic E-state index is 13.2. The number of halogens is 1. The van der Waals surface area contributed by atoms with E-state index in [9.17, 15) is 23.9 Å². The van der Waals surface area contributed by atoms with Crippen molar-refractivity contribution in [1.82, 2.24) is 20.2 Å². The fourth-order valence-corrected chi connectivity index (χ4v) is 4.16. The molecule has 1 aliphatic rings. The van der Waals surface area contributed by atoms with Crippen LogP contribution in [0, 0.1) is 5.82 Å². The van der Waals surface area contributed by atoms with Crippen LogP contribution in [0.15, 0.2) is 59.4 Å². The quantitative estimate of drug-likeness (QED) is 0.417. The molecule has 3 aromatic rings. The molecule has 0 unspecified atom stereocenters. The Hall–Kier alpha value is -4.25. The number of benzene rings is 2. The zero-order chi connectivity index (χ0) is 28.2. The molecule has 4 rings (SSSR count). The number of hydrogen-bond acceptors (Lipinski definition) is 7. The van der Waals surface area contributed by atoms with Crippen molar-refractivity contribution < 1.29 is 28.6 Å². The van der Waals surface area contributed by atoms with Gasteiger partial charge in [0.2, 0.25) is 5.75 Å². The minimum Gasteiger partial charge on any atom is -0.501 e. The lowest BCUT2D eigenvalue weighted by Gasteiger charge is -2.28. The van der Waals surface area contributed by atoms with Crippen LogP contribution in [0.2, 0.25) is 0 Å². The number of aromatic nitrogens is 2. The Bertz CT molecular complexity index is 1370. The number of amides is 2. The number of nitrogens with one attached hydrogen (secondary N) is 2. The molecule has 0 saturated carbocycles. The number of nitrogens with zero attached hydrogens (tertiary/aromatic N) is 2. The van der Waals surface area contributed by atoms with Crippen molar-refractivity contribution in [3.8, 4) is 5.75 Å². The fourth-order valence-electron chi connectivity index (χ4n) is 4.16. The van der Waals surface area contributed by atoms with Gasteiger partial charge in [-0.15, -0.1) is 0 Å². The van der Waals surface area contributed by atoms with E-state index in [0.29, 0.717) is 12.2 Å². The lowest BCUT2D eigenvalue weighted by molar-refractivity contribution is 0.0145. The zero-order valence-electron chi connectivity index (χ0n) is 21.9. The first-order valence-corrected chi connectivity index (χ1v) is 12.5. The normalized spacial score (nSPS) is 17.2. The average Bonchev–Trinajstić information content (AvgIpc) is 3.33. The summed E-state index contributed by atoms with van der Waals surface area (Å²) in [4.78, 5) is 46.7. The molecule has 2 aromatic carbocycles. The predicted molar refractivity (Wildman–Crippen MR) is 139 cm³/mol. The number of carbonyl (C=O) groups excluding carboxylic acids is 2. The van der Waals surface area contributed by atoms with Crippen molar-refractivity contribution in [2.45, 2.75) is 58.1 Å². The van der Waals surface area contributed by atoms with E-state index in [2.05, 4.69) is 15.3 Å². The third-order valence-electron chi connectivity index (χ3n) is 6.03. The summed E-state index contributed by atoms with van der Waals surface area (Å²) in [7, 11) is 0. The summed E-state index contributed by atoms with van der Waals surface area (Å²) < 4.78 is 24.8. The number of hydrogen-bond donors (Lipinski definition) is 3. The Labute approximate surface area is 224 Å². The van der Waals surface area contributed by atoms with E-state index < -0.39 is 52.6 Å². The number of likely N-dealkylation sites (tertiary alicyclic amines) is 1. The molecule has 3 N–H and O–H groups in total. The van der Waals surface area contributed by atoms with Crippen LogP contribution in [0.3, 0.4) is 0 Å². The number of aromatic amines is 1. The monoisotopic (exact) mass is 538 g/mol. The van der Waals surface area contributed by atoms with Gasteiger partial charge in [-0.3, -0.25) is 14.5 Å². The predicted octanol–water partition coefficient (Wildman–Crippen LogP) is 3.81. The van der Waals surface area contributed by atoms with Crippen LogP contribution in [-0.2, 0) is 22.6 Å². The molecule has 1 fully saturated rings. The van der Waals surface area contributed by atoms with Gasteiger partial charge >= 0.3 is 6.09 Å². The second-order valence-electron chi connectivity index (χ2n) is 10.3. The maximum Gasteiger partial charge on any atom is 0.411 e. The number of rotatable bonds is 7. The van der Waals surface area contributed by atoms with E-state index in [-0.39, 0.29) is 25.3 Å². The van der Waals surface area contributed by atoms with Crippen LogP contribution in [0.4, 0.5) is 9.18 Å². The largest absolute Gasteiger partial charge is 0.501 e. The molecule has 2 amide bonds. The molecular weight excluding hydrogens is 507 g/mol. The van der Waals surface area contributed by atoms with Gasteiger partial charge < -0.3 is 24.9 Å². The van der Waals surface area contributed by atoms with E-state index in [1.54, 1.807) is 20.8 Å². The molecule has 1 saturated heterocycles. The molecule has 206 valence electrons. The number of carbonyl (C=O) groups is 2. The topological polar surface area (TPSA) is 134 Å². The highest BCUT2D eigenvalue weighted by molar-refractivity contribution is 5.94. The lowest BCUT2D eigenvalue weighted by Crippen LogP contribution is -2.38. The molecular formula is C28H31FN4O6. The van der Waals surface area contributed by atoms with Crippen molar-refractivity contribution in [2.75, 3.05) is 6.54 Å². The van der Waals surface area contributed by atoms with Crippen LogP contribution >= 0.6 is 0 Å². The Morgan fingerprint density at radius 2 is 1.82 bits per heavy atom. The highest BCUT2D eigenvalue weighted by Crippen LogP contribution is 2.33.